The van der Waals surface area contributed by atoms with Crippen molar-refractivity contribution in [1.82, 2.24) is 0 Å². The van der Waals surface area contributed by atoms with Crippen LogP contribution in [0.15, 0.2) is 91.0 Å². The Morgan fingerprint density at radius 3 is 1.96 bits per heavy atom. The van der Waals surface area contributed by atoms with Crippen LogP contribution >= 0.6 is 0 Å². The van der Waals surface area contributed by atoms with Crippen LogP contribution < -0.4 is 10.2 Å². The molecule has 0 fully saturated rings. The van der Waals surface area contributed by atoms with Gasteiger partial charge in [-0.25, -0.2) is 0 Å². The number of hydrogen-bond acceptors (Lipinski definition) is 2. The zero-order valence-corrected chi connectivity index (χ0v) is 14.5. The number of allylic oxidation sites excluding steroid dienone is 4. The SMILES string of the molecule is C1=CC(c2ccc(N3c4ccccc4Nc4ccccc43)cc2)=CCC1. The second-order valence-electron chi connectivity index (χ2n) is 6.68. The van der Waals surface area contributed by atoms with Gasteiger partial charge in [0.15, 0.2) is 0 Å². The molecule has 2 nitrogen and oxygen atoms in total. The van der Waals surface area contributed by atoms with Crippen LogP contribution in [0.25, 0.3) is 5.57 Å². The minimum absolute atomic E-state index is 1.13. The summed E-state index contributed by atoms with van der Waals surface area (Å²) in [5.74, 6) is 0. The maximum absolute atomic E-state index is 3.54. The number of nitrogens with one attached hydrogen (secondary N) is 1. The zero-order chi connectivity index (χ0) is 17.3. The van der Waals surface area contributed by atoms with Gasteiger partial charge in [-0.15, -0.1) is 0 Å². The van der Waals surface area contributed by atoms with E-state index in [2.05, 4.69) is 101 Å². The molecular weight excluding hydrogens is 316 g/mol. The minimum atomic E-state index is 1.13. The average molecular weight is 336 g/mol. The third-order valence-corrected chi connectivity index (χ3v) is 5.01. The molecule has 1 heterocycles. The molecule has 0 atom stereocenters. The monoisotopic (exact) mass is 336 g/mol. The fourth-order valence-electron chi connectivity index (χ4n) is 3.73. The van der Waals surface area contributed by atoms with E-state index in [1.165, 1.54) is 28.2 Å². The molecule has 0 radical (unpaired) electrons. The number of hydrogen-bond donors (Lipinski definition) is 1. The lowest BCUT2D eigenvalue weighted by Gasteiger charge is -2.34. The van der Waals surface area contributed by atoms with Crippen molar-refractivity contribution in [3.05, 3.63) is 96.6 Å². The van der Waals surface area contributed by atoms with Gasteiger partial charge >= 0.3 is 0 Å². The molecule has 3 aromatic rings. The summed E-state index contributed by atoms with van der Waals surface area (Å²) >= 11 is 0. The first-order valence-electron chi connectivity index (χ1n) is 9.12. The Balaban J connectivity index is 1.60. The number of para-hydroxylation sites is 4. The molecule has 1 aliphatic carbocycles. The van der Waals surface area contributed by atoms with Gasteiger partial charge in [0.05, 0.1) is 22.7 Å². The highest BCUT2D eigenvalue weighted by molar-refractivity contribution is 5.96. The highest BCUT2D eigenvalue weighted by Crippen LogP contribution is 2.47. The minimum Gasteiger partial charge on any atom is -0.352 e. The van der Waals surface area contributed by atoms with E-state index in [1.807, 2.05) is 0 Å². The van der Waals surface area contributed by atoms with Crippen LogP contribution in [0.2, 0.25) is 0 Å². The summed E-state index contributed by atoms with van der Waals surface area (Å²) in [5.41, 5.74) is 8.40. The molecule has 26 heavy (non-hydrogen) atoms. The third kappa shape index (κ3) is 2.51. The largest absolute Gasteiger partial charge is 0.352 e. The summed E-state index contributed by atoms with van der Waals surface area (Å²) in [6.45, 7) is 0. The molecule has 2 heteroatoms. The topological polar surface area (TPSA) is 15.3 Å². The Morgan fingerprint density at radius 2 is 1.35 bits per heavy atom. The lowest BCUT2D eigenvalue weighted by atomic mass is 9.99. The molecule has 3 aromatic carbocycles. The molecule has 1 aliphatic heterocycles. The highest BCUT2D eigenvalue weighted by atomic mass is 15.2. The van der Waals surface area contributed by atoms with Gasteiger partial charge in [-0.2, -0.15) is 0 Å². The van der Waals surface area contributed by atoms with E-state index in [1.54, 1.807) is 0 Å². The van der Waals surface area contributed by atoms with Crippen molar-refractivity contribution in [3.8, 4) is 0 Å². The van der Waals surface area contributed by atoms with E-state index in [9.17, 15) is 0 Å². The number of rotatable bonds is 2. The van der Waals surface area contributed by atoms with Crippen molar-refractivity contribution in [1.29, 1.82) is 0 Å². The molecule has 0 amide bonds. The van der Waals surface area contributed by atoms with E-state index < -0.39 is 0 Å². The molecule has 5 rings (SSSR count). The van der Waals surface area contributed by atoms with Crippen LogP contribution in [0, 0.1) is 0 Å². The fourth-order valence-corrected chi connectivity index (χ4v) is 3.73. The van der Waals surface area contributed by atoms with Crippen LogP contribution in [0.5, 0.6) is 0 Å². The summed E-state index contributed by atoms with van der Waals surface area (Å²) in [6, 6.07) is 25.8. The Kier molecular flexibility index (Phi) is 3.60. The van der Waals surface area contributed by atoms with Gasteiger partial charge in [-0.1, -0.05) is 54.6 Å². The molecule has 0 spiro atoms. The van der Waals surface area contributed by atoms with E-state index in [0.29, 0.717) is 0 Å². The van der Waals surface area contributed by atoms with Crippen molar-refractivity contribution < 1.29 is 0 Å². The molecule has 0 saturated carbocycles. The van der Waals surface area contributed by atoms with Crippen molar-refractivity contribution in [2.24, 2.45) is 0 Å². The van der Waals surface area contributed by atoms with Gasteiger partial charge in [0, 0.05) is 5.69 Å². The smallest absolute Gasteiger partial charge is 0.0697 e. The summed E-state index contributed by atoms with van der Waals surface area (Å²) in [4.78, 5) is 2.33. The van der Waals surface area contributed by atoms with Crippen LogP contribution in [0.1, 0.15) is 18.4 Å². The van der Waals surface area contributed by atoms with E-state index in [4.69, 9.17) is 0 Å². The predicted octanol–water partition coefficient (Wildman–Crippen LogP) is 6.95. The Labute approximate surface area is 154 Å². The number of benzene rings is 3. The van der Waals surface area contributed by atoms with Gasteiger partial charge in [-0.3, -0.25) is 0 Å². The lowest BCUT2D eigenvalue weighted by Crippen LogP contribution is -2.17. The fraction of sp³-hybridized carbons (Fsp3) is 0.0833. The van der Waals surface area contributed by atoms with Gasteiger partial charge in [0.25, 0.3) is 0 Å². The van der Waals surface area contributed by atoms with Gasteiger partial charge in [0.1, 0.15) is 0 Å². The summed E-state index contributed by atoms with van der Waals surface area (Å²) < 4.78 is 0. The standard InChI is InChI=1S/C24H20N2/c1-2-8-18(9-3-1)19-14-16-20(17-15-19)26-23-12-6-4-10-21(23)25-22-11-5-7-13-24(22)26/h2,4-17,25H,1,3H2. The van der Waals surface area contributed by atoms with E-state index >= 15 is 0 Å². The Bertz CT molecular complexity index is 967. The lowest BCUT2D eigenvalue weighted by molar-refractivity contribution is 1.04. The van der Waals surface area contributed by atoms with Crippen LogP contribution in [0.3, 0.4) is 0 Å². The first-order chi connectivity index (χ1) is 12.9. The molecule has 1 N–H and O–H groups in total. The number of nitrogens with zero attached hydrogens (tertiary/aromatic N) is 1. The van der Waals surface area contributed by atoms with Crippen molar-refractivity contribution in [3.63, 3.8) is 0 Å². The quantitative estimate of drug-likeness (QED) is 0.426. The summed E-state index contributed by atoms with van der Waals surface area (Å²) in [5, 5.41) is 3.54. The van der Waals surface area contributed by atoms with Crippen molar-refractivity contribution >= 4 is 34.0 Å². The number of anilines is 5. The van der Waals surface area contributed by atoms with Crippen LogP contribution in [-0.4, -0.2) is 0 Å². The number of fused-ring (bicyclic) bond motifs is 2. The van der Waals surface area contributed by atoms with Gasteiger partial charge in [-0.05, 0) is 60.4 Å². The maximum atomic E-state index is 3.54. The molecule has 0 unspecified atom stereocenters. The first kappa shape index (κ1) is 15.0. The molecule has 0 saturated heterocycles. The maximum Gasteiger partial charge on any atom is 0.0697 e. The normalized spacial score (nSPS) is 14.9. The third-order valence-electron chi connectivity index (χ3n) is 5.01. The molecular formula is C24H20N2. The van der Waals surface area contributed by atoms with Crippen LogP contribution in [0.4, 0.5) is 28.4 Å². The van der Waals surface area contributed by atoms with Crippen LogP contribution in [-0.2, 0) is 0 Å². The van der Waals surface area contributed by atoms with Gasteiger partial charge in [0.2, 0.25) is 0 Å². The van der Waals surface area contributed by atoms with E-state index in [-0.39, 0.29) is 0 Å². The molecule has 126 valence electrons. The Morgan fingerprint density at radius 1 is 0.692 bits per heavy atom. The Hall–Kier alpha value is -3.26. The van der Waals surface area contributed by atoms with E-state index in [0.717, 1.165) is 24.2 Å². The molecule has 2 aliphatic rings. The molecule has 0 bridgehead atoms. The second-order valence-corrected chi connectivity index (χ2v) is 6.68. The van der Waals surface area contributed by atoms with Crippen molar-refractivity contribution in [2.45, 2.75) is 12.8 Å². The first-order valence-corrected chi connectivity index (χ1v) is 9.12. The average Bonchev–Trinajstić information content (AvgIpc) is 2.73. The highest BCUT2D eigenvalue weighted by Gasteiger charge is 2.23. The van der Waals surface area contributed by atoms with Gasteiger partial charge < -0.3 is 10.2 Å². The second kappa shape index (κ2) is 6.23. The zero-order valence-electron chi connectivity index (χ0n) is 14.5. The molecule has 0 aromatic heterocycles. The van der Waals surface area contributed by atoms with Crippen molar-refractivity contribution in [2.75, 3.05) is 10.2 Å². The summed E-state index contributed by atoms with van der Waals surface area (Å²) in [7, 11) is 0. The summed E-state index contributed by atoms with van der Waals surface area (Å²) in [6.07, 6.45) is 9.09. The predicted molar refractivity (Wildman–Crippen MR) is 111 cm³/mol.